The lowest BCUT2D eigenvalue weighted by Gasteiger charge is -2.33. The molecule has 0 fully saturated rings. The van der Waals surface area contributed by atoms with Crippen LogP contribution >= 0.6 is 0 Å². The molecule has 0 N–H and O–H groups in total. The molecule has 0 spiro atoms. The molecule has 24 heavy (non-hydrogen) atoms. The van der Waals surface area contributed by atoms with Crippen LogP contribution in [0.4, 0.5) is 11.4 Å². The van der Waals surface area contributed by atoms with Gasteiger partial charge in [0.1, 0.15) is 0 Å². The van der Waals surface area contributed by atoms with Crippen molar-refractivity contribution in [3.8, 4) is 0 Å². The summed E-state index contributed by atoms with van der Waals surface area (Å²) in [6.45, 7) is 13.9. The minimum atomic E-state index is 1.18. The van der Waals surface area contributed by atoms with Crippen LogP contribution in [0.3, 0.4) is 0 Å². The van der Waals surface area contributed by atoms with Crippen molar-refractivity contribution in [1.29, 1.82) is 0 Å². The first-order valence-corrected chi connectivity index (χ1v) is 10.4. The molecule has 0 saturated carbocycles. The molecular weight excluding hydrogens is 292 g/mol. The van der Waals surface area contributed by atoms with Crippen LogP contribution in [0.25, 0.3) is 0 Å². The fourth-order valence-corrected chi connectivity index (χ4v) is 3.10. The number of hydrogen-bond acceptors (Lipinski definition) is 2. The molecule has 2 heteroatoms. The van der Waals surface area contributed by atoms with E-state index in [0.29, 0.717) is 0 Å². The normalized spacial score (nSPS) is 10.8. The van der Waals surface area contributed by atoms with E-state index >= 15 is 0 Å². The van der Waals surface area contributed by atoms with Crippen molar-refractivity contribution in [3.63, 3.8) is 0 Å². The SMILES string of the molecule is CCCCN(CCCC)c1ccccc1N(CCCC)CCCC. The third kappa shape index (κ3) is 7.15. The zero-order valence-electron chi connectivity index (χ0n) is 16.7. The average Bonchev–Trinajstić information content (AvgIpc) is 2.62. The Morgan fingerprint density at radius 2 is 0.833 bits per heavy atom. The van der Waals surface area contributed by atoms with E-state index in [1.54, 1.807) is 0 Å². The van der Waals surface area contributed by atoms with Crippen LogP contribution in [0.1, 0.15) is 79.1 Å². The number of para-hydroxylation sites is 2. The van der Waals surface area contributed by atoms with E-state index in [1.165, 1.54) is 88.9 Å². The number of rotatable bonds is 14. The largest absolute Gasteiger partial charge is 0.370 e. The van der Waals surface area contributed by atoms with E-state index in [9.17, 15) is 0 Å². The predicted molar refractivity (Wildman–Crippen MR) is 111 cm³/mol. The Kier molecular flexibility index (Phi) is 11.4. The Balaban J connectivity index is 3.01. The lowest BCUT2D eigenvalue weighted by atomic mass is 10.1. The van der Waals surface area contributed by atoms with Gasteiger partial charge in [-0.15, -0.1) is 0 Å². The Hall–Kier alpha value is -1.18. The highest BCUT2D eigenvalue weighted by Gasteiger charge is 2.15. The summed E-state index contributed by atoms with van der Waals surface area (Å²) < 4.78 is 0. The minimum absolute atomic E-state index is 1.18. The van der Waals surface area contributed by atoms with Gasteiger partial charge in [0.2, 0.25) is 0 Å². The van der Waals surface area contributed by atoms with Crippen LogP contribution in [0.15, 0.2) is 24.3 Å². The molecule has 138 valence electrons. The van der Waals surface area contributed by atoms with Crippen molar-refractivity contribution in [2.24, 2.45) is 0 Å². The van der Waals surface area contributed by atoms with Gasteiger partial charge in [0.15, 0.2) is 0 Å². The molecule has 0 amide bonds. The summed E-state index contributed by atoms with van der Waals surface area (Å²) in [7, 11) is 0. The van der Waals surface area contributed by atoms with Crippen LogP contribution in [0.2, 0.25) is 0 Å². The number of nitrogens with zero attached hydrogens (tertiary/aromatic N) is 2. The van der Waals surface area contributed by atoms with Crippen LogP contribution in [0.5, 0.6) is 0 Å². The second kappa shape index (κ2) is 13.1. The van der Waals surface area contributed by atoms with Gasteiger partial charge < -0.3 is 9.80 Å². The van der Waals surface area contributed by atoms with Gasteiger partial charge in [-0.1, -0.05) is 65.5 Å². The molecule has 1 aromatic rings. The molecule has 0 aliphatic rings. The first kappa shape index (κ1) is 20.9. The molecule has 2 nitrogen and oxygen atoms in total. The van der Waals surface area contributed by atoms with Crippen LogP contribution < -0.4 is 9.80 Å². The average molecular weight is 333 g/mol. The highest BCUT2D eigenvalue weighted by molar-refractivity contribution is 5.71. The molecule has 0 aliphatic carbocycles. The van der Waals surface area contributed by atoms with Gasteiger partial charge in [-0.05, 0) is 37.8 Å². The lowest BCUT2D eigenvalue weighted by Crippen LogP contribution is -2.31. The molecule has 0 saturated heterocycles. The first-order chi connectivity index (χ1) is 11.8. The monoisotopic (exact) mass is 332 g/mol. The third-order valence-corrected chi connectivity index (χ3v) is 4.69. The molecule has 1 aromatic carbocycles. The van der Waals surface area contributed by atoms with Gasteiger partial charge >= 0.3 is 0 Å². The lowest BCUT2D eigenvalue weighted by molar-refractivity contribution is 0.662. The van der Waals surface area contributed by atoms with Gasteiger partial charge in [-0.3, -0.25) is 0 Å². The smallest absolute Gasteiger partial charge is 0.0604 e. The maximum absolute atomic E-state index is 2.63. The minimum Gasteiger partial charge on any atom is -0.370 e. The summed E-state index contributed by atoms with van der Waals surface area (Å²) in [6.07, 6.45) is 10.2. The summed E-state index contributed by atoms with van der Waals surface area (Å²) in [6, 6.07) is 9.10. The van der Waals surface area contributed by atoms with Gasteiger partial charge in [-0.25, -0.2) is 0 Å². The predicted octanol–water partition coefficient (Wildman–Crippen LogP) is 6.50. The zero-order valence-corrected chi connectivity index (χ0v) is 16.7. The van der Waals surface area contributed by atoms with Crippen molar-refractivity contribution in [1.82, 2.24) is 0 Å². The van der Waals surface area contributed by atoms with Crippen LogP contribution in [-0.4, -0.2) is 26.2 Å². The molecule has 0 atom stereocenters. The second-order valence-electron chi connectivity index (χ2n) is 6.88. The van der Waals surface area contributed by atoms with Crippen LogP contribution in [-0.2, 0) is 0 Å². The van der Waals surface area contributed by atoms with E-state index in [-0.39, 0.29) is 0 Å². The Morgan fingerprint density at radius 1 is 0.542 bits per heavy atom. The van der Waals surface area contributed by atoms with Crippen molar-refractivity contribution < 1.29 is 0 Å². The van der Waals surface area contributed by atoms with Gasteiger partial charge in [0.05, 0.1) is 11.4 Å². The molecule has 0 unspecified atom stereocenters. The van der Waals surface area contributed by atoms with Crippen LogP contribution in [0, 0.1) is 0 Å². The molecule has 1 rings (SSSR count). The number of unbranched alkanes of at least 4 members (excludes halogenated alkanes) is 4. The molecule has 0 heterocycles. The van der Waals surface area contributed by atoms with Gasteiger partial charge in [0.25, 0.3) is 0 Å². The van der Waals surface area contributed by atoms with Crippen molar-refractivity contribution in [2.75, 3.05) is 36.0 Å². The second-order valence-corrected chi connectivity index (χ2v) is 6.88. The number of anilines is 2. The summed E-state index contributed by atoms with van der Waals surface area (Å²) in [5.74, 6) is 0. The van der Waals surface area contributed by atoms with E-state index < -0.39 is 0 Å². The Labute approximate surface area is 151 Å². The summed E-state index contributed by atoms with van der Waals surface area (Å²) in [5.41, 5.74) is 2.90. The van der Waals surface area contributed by atoms with E-state index in [1.807, 2.05) is 0 Å². The Bertz CT molecular complexity index is 361. The van der Waals surface area contributed by atoms with Crippen molar-refractivity contribution >= 4 is 11.4 Å². The molecule has 0 aliphatic heterocycles. The summed E-state index contributed by atoms with van der Waals surface area (Å²) in [4.78, 5) is 5.26. The van der Waals surface area contributed by atoms with Crippen molar-refractivity contribution in [2.45, 2.75) is 79.1 Å². The fourth-order valence-electron chi connectivity index (χ4n) is 3.10. The topological polar surface area (TPSA) is 6.48 Å². The maximum Gasteiger partial charge on any atom is 0.0604 e. The van der Waals surface area contributed by atoms with E-state index in [0.717, 1.165) is 0 Å². The number of hydrogen-bond donors (Lipinski definition) is 0. The fraction of sp³-hybridized carbons (Fsp3) is 0.727. The summed E-state index contributed by atoms with van der Waals surface area (Å²) in [5, 5.41) is 0. The summed E-state index contributed by atoms with van der Waals surface area (Å²) >= 11 is 0. The quantitative estimate of drug-likeness (QED) is 0.383. The molecule has 0 aromatic heterocycles. The maximum atomic E-state index is 2.63. The van der Waals surface area contributed by atoms with E-state index in [2.05, 4.69) is 61.8 Å². The third-order valence-electron chi connectivity index (χ3n) is 4.69. The molecule has 0 bridgehead atoms. The Morgan fingerprint density at radius 3 is 1.08 bits per heavy atom. The standard InChI is InChI=1S/C22H40N2/c1-5-9-17-23(18-10-6-2)21-15-13-14-16-22(21)24(19-11-7-3)20-12-8-4/h13-16H,5-12,17-20H2,1-4H3. The zero-order chi connectivity index (χ0) is 17.6. The van der Waals surface area contributed by atoms with Crippen molar-refractivity contribution in [3.05, 3.63) is 24.3 Å². The number of benzene rings is 1. The highest BCUT2D eigenvalue weighted by Crippen LogP contribution is 2.30. The molecular formula is C22H40N2. The van der Waals surface area contributed by atoms with E-state index in [4.69, 9.17) is 0 Å². The van der Waals surface area contributed by atoms with Gasteiger partial charge in [-0.2, -0.15) is 0 Å². The highest BCUT2D eigenvalue weighted by atomic mass is 15.2. The van der Waals surface area contributed by atoms with Gasteiger partial charge in [0, 0.05) is 26.2 Å². The molecule has 0 radical (unpaired) electrons. The first-order valence-electron chi connectivity index (χ1n) is 10.4.